The van der Waals surface area contributed by atoms with E-state index in [0.717, 1.165) is 6.42 Å². The maximum atomic E-state index is 4.11. The molecule has 0 radical (unpaired) electrons. The van der Waals surface area contributed by atoms with Crippen LogP contribution < -0.4 is 0 Å². The molecule has 0 nitrogen and oxygen atoms in total. The Hall–Kier alpha value is -0.780. The number of allylic oxidation sites excluding steroid dienone is 5. The fraction of sp³-hybridized carbons (Fsp3) is 0.600. The van der Waals surface area contributed by atoms with E-state index in [-0.39, 0.29) is 0 Å². The van der Waals surface area contributed by atoms with Crippen molar-refractivity contribution in [2.24, 2.45) is 5.92 Å². The van der Waals surface area contributed by atoms with E-state index < -0.39 is 0 Å². The van der Waals surface area contributed by atoms with Crippen LogP contribution in [0, 0.1) is 5.92 Å². The van der Waals surface area contributed by atoms with E-state index in [4.69, 9.17) is 0 Å². The van der Waals surface area contributed by atoms with Gasteiger partial charge < -0.3 is 0 Å². The van der Waals surface area contributed by atoms with E-state index in [2.05, 4.69) is 39.5 Å². The first kappa shape index (κ1) is 12.3. The molecule has 0 aromatic rings. The summed E-state index contributed by atoms with van der Waals surface area (Å²) in [5, 5.41) is 0. The van der Waals surface area contributed by atoms with Crippen LogP contribution in [0.25, 0.3) is 0 Å². The highest BCUT2D eigenvalue weighted by molar-refractivity contribution is 5.15. The summed E-state index contributed by atoms with van der Waals surface area (Å²) in [5.74, 6) is 0.701. The average Bonchev–Trinajstić information content (AvgIpc) is 2.23. The van der Waals surface area contributed by atoms with Crippen LogP contribution in [0.5, 0.6) is 0 Å². The Labute approximate surface area is 94.8 Å². The van der Waals surface area contributed by atoms with Gasteiger partial charge in [-0.3, -0.25) is 0 Å². The van der Waals surface area contributed by atoms with Crippen molar-refractivity contribution >= 4 is 0 Å². The largest absolute Gasteiger partial charge is 0.0995 e. The second-order valence-corrected chi connectivity index (χ2v) is 4.88. The van der Waals surface area contributed by atoms with Crippen LogP contribution in [0.3, 0.4) is 0 Å². The van der Waals surface area contributed by atoms with Gasteiger partial charge in [0.25, 0.3) is 0 Å². The summed E-state index contributed by atoms with van der Waals surface area (Å²) in [6, 6.07) is 0. The summed E-state index contributed by atoms with van der Waals surface area (Å²) in [4.78, 5) is 0. The molecular formula is C15H24. The van der Waals surface area contributed by atoms with E-state index in [1.807, 2.05) is 0 Å². The zero-order valence-corrected chi connectivity index (χ0v) is 10.5. The molecule has 0 aromatic heterocycles. The molecule has 0 aromatic carbocycles. The number of hydrogen-bond donors (Lipinski definition) is 0. The Morgan fingerprint density at radius 3 is 2.67 bits per heavy atom. The minimum absolute atomic E-state index is 0.701. The third kappa shape index (κ3) is 4.07. The molecule has 0 heterocycles. The van der Waals surface area contributed by atoms with Gasteiger partial charge in [-0.15, -0.1) is 0 Å². The van der Waals surface area contributed by atoms with Crippen molar-refractivity contribution < 1.29 is 0 Å². The van der Waals surface area contributed by atoms with Gasteiger partial charge in [-0.1, -0.05) is 42.4 Å². The SMILES string of the molecule is C=C1C/C=C\CC(C)/C(C)=C(/C)CCC1. The van der Waals surface area contributed by atoms with E-state index in [1.54, 1.807) is 11.1 Å². The van der Waals surface area contributed by atoms with Crippen LogP contribution >= 0.6 is 0 Å². The summed E-state index contributed by atoms with van der Waals surface area (Å²) < 4.78 is 0. The van der Waals surface area contributed by atoms with Crippen molar-refractivity contribution in [1.82, 2.24) is 0 Å². The third-order valence-corrected chi connectivity index (χ3v) is 3.56. The van der Waals surface area contributed by atoms with Crippen LogP contribution in [0.15, 0.2) is 35.5 Å². The third-order valence-electron chi connectivity index (χ3n) is 3.56. The smallest absolute Gasteiger partial charge is 0.0142 e. The van der Waals surface area contributed by atoms with Crippen molar-refractivity contribution in [2.45, 2.75) is 52.9 Å². The summed E-state index contributed by atoms with van der Waals surface area (Å²) in [6.45, 7) is 11.0. The number of hydrogen-bond acceptors (Lipinski definition) is 0. The van der Waals surface area contributed by atoms with Gasteiger partial charge in [0.2, 0.25) is 0 Å². The predicted octanol–water partition coefficient (Wildman–Crippen LogP) is 5.04. The molecule has 0 amide bonds. The predicted molar refractivity (Wildman–Crippen MR) is 68.9 cm³/mol. The topological polar surface area (TPSA) is 0 Å². The molecule has 84 valence electrons. The normalized spacial score (nSPS) is 32.2. The van der Waals surface area contributed by atoms with Crippen molar-refractivity contribution in [3.8, 4) is 0 Å². The Bertz CT molecular complexity index is 278. The van der Waals surface area contributed by atoms with E-state index in [1.165, 1.54) is 31.3 Å². The fourth-order valence-electron chi connectivity index (χ4n) is 2.05. The lowest BCUT2D eigenvalue weighted by atomic mass is 9.93. The molecular weight excluding hydrogens is 180 g/mol. The van der Waals surface area contributed by atoms with Gasteiger partial charge in [-0.05, 0) is 51.9 Å². The van der Waals surface area contributed by atoms with Gasteiger partial charge >= 0.3 is 0 Å². The van der Waals surface area contributed by atoms with E-state index in [9.17, 15) is 0 Å². The molecule has 1 unspecified atom stereocenters. The Balaban J connectivity index is 2.73. The summed E-state index contributed by atoms with van der Waals surface area (Å²) >= 11 is 0. The second kappa shape index (κ2) is 5.95. The van der Waals surface area contributed by atoms with Crippen LogP contribution in [-0.4, -0.2) is 0 Å². The van der Waals surface area contributed by atoms with E-state index >= 15 is 0 Å². The zero-order chi connectivity index (χ0) is 11.3. The van der Waals surface area contributed by atoms with Crippen LogP contribution in [0.1, 0.15) is 52.9 Å². The van der Waals surface area contributed by atoms with Crippen LogP contribution in [0.2, 0.25) is 0 Å². The standard InChI is InChI=1S/C15H24/c1-12-8-5-6-10-13(2)15(4)14(3)11-7-9-12/h5-6,13H,1,7-11H2,2-4H3/b6-5-,15-14-. The van der Waals surface area contributed by atoms with Crippen molar-refractivity contribution in [3.05, 3.63) is 35.5 Å². The highest BCUT2D eigenvalue weighted by atomic mass is 14.1. The molecule has 1 atom stereocenters. The quantitative estimate of drug-likeness (QED) is 0.485. The number of rotatable bonds is 0. The van der Waals surface area contributed by atoms with Gasteiger partial charge in [0, 0.05) is 0 Å². The highest BCUT2D eigenvalue weighted by Crippen LogP contribution is 2.24. The average molecular weight is 204 g/mol. The fourth-order valence-corrected chi connectivity index (χ4v) is 2.05. The van der Waals surface area contributed by atoms with Gasteiger partial charge in [0.1, 0.15) is 0 Å². The Morgan fingerprint density at radius 1 is 1.20 bits per heavy atom. The minimum Gasteiger partial charge on any atom is -0.0995 e. The molecule has 0 spiro atoms. The van der Waals surface area contributed by atoms with Crippen molar-refractivity contribution in [1.29, 1.82) is 0 Å². The summed E-state index contributed by atoms with van der Waals surface area (Å²) in [7, 11) is 0. The van der Waals surface area contributed by atoms with Gasteiger partial charge in [0.05, 0.1) is 0 Å². The van der Waals surface area contributed by atoms with Crippen LogP contribution in [0.4, 0.5) is 0 Å². The lowest BCUT2D eigenvalue weighted by molar-refractivity contribution is 0.673. The molecule has 0 N–H and O–H groups in total. The molecule has 0 fully saturated rings. The minimum atomic E-state index is 0.701. The zero-order valence-electron chi connectivity index (χ0n) is 10.5. The molecule has 1 aliphatic rings. The highest BCUT2D eigenvalue weighted by Gasteiger charge is 2.07. The maximum absolute atomic E-state index is 4.11. The molecule has 0 saturated heterocycles. The lowest BCUT2D eigenvalue weighted by Gasteiger charge is -2.13. The van der Waals surface area contributed by atoms with Crippen LogP contribution in [-0.2, 0) is 0 Å². The maximum Gasteiger partial charge on any atom is -0.0142 e. The molecule has 0 heteroatoms. The van der Waals surface area contributed by atoms with Gasteiger partial charge in [-0.25, -0.2) is 0 Å². The lowest BCUT2D eigenvalue weighted by Crippen LogP contribution is -1.97. The molecule has 1 aliphatic carbocycles. The van der Waals surface area contributed by atoms with Gasteiger partial charge in [0.15, 0.2) is 0 Å². The second-order valence-electron chi connectivity index (χ2n) is 4.88. The summed E-state index contributed by atoms with van der Waals surface area (Å²) in [5.41, 5.74) is 4.56. The monoisotopic (exact) mass is 204 g/mol. The van der Waals surface area contributed by atoms with Crippen molar-refractivity contribution in [2.75, 3.05) is 0 Å². The van der Waals surface area contributed by atoms with Gasteiger partial charge in [-0.2, -0.15) is 0 Å². The first-order valence-corrected chi connectivity index (χ1v) is 6.09. The Morgan fingerprint density at radius 2 is 1.93 bits per heavy atom. The molecule has 1 rings (SSSR count). The van der Waals surface area contributed by atoms with Crippen molar-refractivity contribution in [3.63, 3.8) is 0 Å². The van der Waals surface area contributed by atoms with E-state index in [0.29, 0.717) is 5.92 Å². The first-order chi connectivity index (χ1) is 7.11. The molecule has 0 saturated carbocycles. The molecule has 0 aliphatic heterocycles. The Kier molecular flexibility index (Phi) is 4.87. The molecule has 15 heavy (non-hydrogen) atoms. The molecule has 0 bridgehead atoms. The first-order valence-electron chi connectivity index (χ1n) is 6.09. The summed E-state index contributed by atoms with van der Waals surface area (Å²) in [6.07, 6.45) is 10.5.